The molecule has 3 amide bonds. The van der Waals surface area contributed by atoms with E-state index in [0.717, 1.165) is 4.90 Å². The molecule has 0 radical (unpaired) electrons. The van der Waals surface area contributed by atoms with Crippen LogP contribution in [0.2, 0.25) is 10.0 Å². The van der Waals surface area contributed by atoms with E-state index in [9.17, 15) is 19.2 Å². The number of hydrogen-bond donors (Lipinski definition) is 1. The fourth-order valence-electron chi connectivity index (χ4n) is 3.02. The maximum atomic E-state index is 12.3. The van der Waals surface area contributed by atoms with Crippen LogP contribution in [0.1, 0.15) is 12.8 Å². The van der Waals surface area contributed by atoms with E-state index >= 15 is 0 Å². The number of amides is 3. The summed E-state index contributed by atoms with van der Waals surface area (Å²) in [6, 6.07) is 1.40. The number of rotatable bonds is 5. The highest BCUT2D eigenvalue weighted by atomic mass is 35.5. The average molecular weight is 412 g/mol. The fourth-order valence-corrected chi connectivity index (χ4v) is 3.45. The Hall–Kier alpha value is -2.45. The van der Waals surface area contributed by atoms with Crippen molar-refractivity contribution in [2.45, 2.75) is 12.8 Å². The summed E-state index contributed by atoms with van der Waals surface area (Å²) < 4.78 is 4.84. The molecule has 8 nitrogen and oxygen atoms in total. The van der Waals surface area contributed by atoms with E-state index in [1.807, 2.05) is 12.2 Å². The lowest BCUT2D eigenvalue weighted by Gasteiger charge is -2.14. The molecule has 27 heavy (non-hydrogen) atoms. The lowest BCUT2D eigenvalue weighted by Crippen LogP contribution is -2.37. The van der Waals surface area contributed by atoms with Crippen LogP contribution in [-0.2, 0) is 23.9 Å². The van der Waals surface area contributed by atoms with Gasteiger partial charge in [0.2, 0.25) is 11.8 Å². The summed E-state index contributed by atoms with van der Waals surface area (Å²) in [6.45, 7) is -1.12. The molecule has 0 spiro atoms. The average Bonchev–Trinajstić information content (AvgIpc) is 2.88. The largest absolute Gasteiger partial charge is 0.454 e. The number of allylic oxidation sites excluding steroid dienone is 2. The Morgan fingerprint density at radius 3 is 2.41 bits per heavy atom. The number of anilines is 1. The zero-order valence-electron chi connectivity index (χ0n) is 14.0. The van der Waals surface area contributed by atoms with Gasteiger partial charge in [0.1, 0.15) is 6.54 Å². The number of likely N-dealkylation sites (tertiary alicyclic amines) is 1. The molecule has 2 aliphatic rings. The molecule has 3 rings (SSSR count). The predicted molar refractivity (Wildman–Crippen MR) is 95.9 cm³/mol. The first kappa shape index (κ1) is 19.3. The van der Waals surface area contributed by atoms with Crippen LogP contribution in [0.25, 0.3) is 0 Å². The van der Waals surface area contributed by atoms with Crippen molar-refractivity contribution in [3.8, 4) is 0 Å². The number of carbonyl (C=O) groups excluding carboxylic acids is 4. The van der Waals surface area contributed by atoms with Crippen LogP contribution in [0.5, 0.6) is 0 Å². The molecule has 0 aromatic carbocycles. The summed E-state index contributed by atoms with van der Waals surface area (Å²) in [4.78, 5) is 53.1. The number of hydrogen-bond acceptors (Lipinski definition) is 6. The third-order valence-electron chi connectivity index (χ3n) is 4.32. The molecule has 1 N–H and O–H groups in total. The van der Waals surface area contributed by atoms with Crippen molar-refractivity contribution >= 4 is 52.7 Å². The van der Waals surface area contributed by atoms with E-state index in [1.165, 1.54) is 12.3 Å². The van der Waals surface area contributed by atoms with Gasteiger partial charge in [-0.05, 0) is 18.9 Å². The Balaban J connectivity index is 1.50. The molecule has 0 saturated carbocycles. The second kappa shape index (κ2) is 8.06. The van der Waals surface area contributed by atoms with Crippen LogP contribution in [0.4, 0.5) is 5.82 Å². The lowest BCUT2D eigenvalue weighted by atomic mass is 9.85. The Labute approximate surface area is 164 Å². The molecule has 1 saturated heterocycles. The van der Waals surface area contributed by atoms with Crippen LogP contribution in [0.3, 0.4) is 0 Å². The van der Waals surface area contributed by atoms with Crippen molar-refractivity contribution in [2.75, 3.05) is 18.5 Å². The highest BCUT2D eigenvalue weighted by Gasteiger charge is 2.47. The monoisotopic (exact) mass is 411 g/mol. The molecule has 142 valence electrons. The summed E-state index contributed by atoms with van der Waals surface area (Å²) in [6.07, 6.45) is 5.98. The fraction of sp³-hybridized carbons (Fsp3) is 0.353. The molecule has 0 unspecified atom stereocenters. The van der Waals surface area contributed by atoms with Gasteiger partial charge in [0.25, 0.3) is 5.91 Å². The molecule has 1 aliphatic heterocycles. The third kappa shape index (κ3) is 4.28. The van der Waals surface area contributed by atoms with Gasteiger partial charge < -0.3 is 10.1 Å². The van der Waals surface area contributed by atoms with E-state index in [4.69, 9.17) is 27.9 Å². The number of ether oxygens (including phenoxy) is 1. The van der Waals surface area contributed by atoms with Gasteiger partial charge >= 0.3 is 5.97 Å². The van der Waals surface area contributed by atoms with Gasteiger partial charge in [-0.1, -0.05) is 35.4 Å². The number of nitrogens with one attached hydrogen (secondary N) is 1. The van der Waals surface area contributed by atoms with Crippen molar-refractivity contribution in [2.24, 2.45) is 11.8 Å². The number of halogens is 2. The number of fused-ring (bicyclic) bond motifs is 1. The van der Waals surface area contributed by atoms with Crippen molar-refractivity contribution in [1.82, 2.24) is 9.88 Å². The summed E-state index contributed by atoms with van der Waals surface area (Å²) >= 11 is 11.6. The van der Waals surface area contributed by atoms with Crippen molar-refractivity contribution in [3.63, 3.8) is 0 Å². The van der Waals surface area contributed by atoms with E-state index in [-0.39, 0.29) is 22.7 Å². The molecule has 1 aromatic rings. The van der Waals surface area contributed by atoms with E-state index in [0.29, 0.717) is 17.9 Å². The minimum atomic E-state index is -0.853. The molecule has 1 aromatic heterocycles. The number of imide groups is 1. The first-order valence-corrected chi connectivity index (χ1v) is 8.89. The molecular formula is C17H15Cl2N3O5. The minimum absolute atomic E-state index is 0.0728. The minimum Gasteiger partial charge on any atom is -0.454 e. The molecule has 10 heteroatoms. The summed E-state index contributed by atoms with van der Waals surface area (Å²) in [5.41, 5.74) is 0. The van der Waals surface area contributed by atoms with E-state index in [2.05, 4.69) is 10.3 Å². The van der Waals surface area contributed by atoms with Crippen LogP contribution in [0.15, 0.2) is 24.4 Å². The Morgan fingerprint density at radius 2 is 1.81 bits per heavy atom. The van der Waals surface area contributed by atoms with Crippen LogP contribution < -0.4 is 5.32 Å². The zero-order valence-corrected chi connectivity index (χ0v) is 15.5. The zero-order chi connectivity index (χ0) is 19.6. The maximum Gasteiger partial charge on any atom is 0.326 e. The molecule has 1 fully saturated rings. The topological polar surface area (TPSA) is 106 Å². The summed E-state index contributed by atoms with van der Waals surface area (Å²) in [5.74, 6) is -3.05. The smallest absolute Gasteiger partial charge is 0.326 e. The SMILES string of the molecule is O=C(COC(=O)CN1C(=O)[C@@H]2CC=CC[C@H]2C1=O)Nc1ncc(Cl)cc1Cl. The Morgan fingerprint density at radius 1 is 1.19 bits per heavy atom. The normalized spacial score (nSPS) is 21.2. The van der Waals surface area contributed by atoms with Crippen molar-refractivity contribution in [1.29, 1.82) is 0 Å². The van der Waals surface area contributed by atoms with Gasteiger partial charge in [0, 0.05) is 6.20 Å². The standard InChI is InChI=1S/C17H15Cl2N3O5/c18-9-5-12(19)15(20-6-9)21-13(23)8-27-14(24)7-22-16(25)10-3-1-2-4-11(10)17(22)26/h1-2,5-6,10-11H,3-4,7-8H2,(H,20,21,23)/t10-,11-/m1/s1. The van der Waals surface area contributed by atoms with Crippen LogP contribution in [0, 0.1) is 11.8 Å². The van der Waals surface area contributed by atoms with Crippen LogP contribution in [-0.4, -0.2) is 46.7 Å². The van der Waals surface area contributed by atoms with Gasteiger partial charge in [0.05, 0.1) is 21.9 Å². The van der Waals surface area contributed by atoms with E-state index < -0.39 is 36.9 Å². The number of nitrogens with zero attached hydrogens (tertiary/aromatic N) is 2. The van der Waals surface area contributed by atoms with Gasteiger partial charge in [0.15, 0.2) is 12.4 Å². The van der Waals surface area contributed by atoms with Gasteiger partial charge in [-0.2, -0.15) is 0 Å². The van der Waals surface area contributed by atoms with Gasteiger partial charge in [-0.25, -0.2) is 4.98 Å². The molecule has 2 heterocycles. The quantitative estimate of drug-likeness (QED) is 0.449. The van der Waals surface area contributed by atoms with Gasteiger partial charge in [-0.3, -0.25) is 24.1 Å². The highest BCUT2D eigenvalue weighted by Crippen LogP contribution is 2.34. The summed E-state index contributed by atoms with van der Waals surface area (Å²) in [5, 5.41) is 2.81. The first-order valence-electron chi connectivity index (χ1n) is 8.13. The second-order valence-electron chi connectivity index (χ2n) is 6.11. The van der Waals surface area contributed by atoms with Crippen LogP contribution >= 0.6 is 23.2 Å². The third-order valence-corrected chi connectivity index (χ3v) is 4.81. The summed E-state index contributed by atoms with van der Waals surface area (Å²) in [7, 11) is 0. The lowest BCUT2D eigenvalue weighted by molar-refractivity contribution is -0.154. The number of pyridine rings is 1. The maximum absolute atomic E-state index is 12.3. The predicted octanol–water partition coefficient (Wildman–Crippen LogP) is 1.82. The molecule has 2 atom stereocenters. The van der Waals surface area contributed by atoms with Crippen molar-refractivity contribution in [3.05, 3.63) is 34.5 Å². The molecule has 1 aliphatic carbocycles. The van der Waals surface area contributed by atoms with Crippen molar-refractivity contribution < 1.29 is 23.9 Å². The number of carbonyl (C=O) groups is 4. The second-order valence-corrected chi connectivity index (χ2v) is 6.95. The highest BCUT2D eigenvalue weighted by molar-refractivity contribution is 6.36. The Bertz CT molecular complexity index is 816. The Kier molecular flexibility index (Phi) is 5.76. The number of aromatic nitrogens is 1. The molecule has 0 bridgehead atoms. The molecular weight excluding hydrogens is 397 g/mol. The van der Waals surface area contributed by atoms with Gasteiger partial charge in [-0.15, -0.1) is 0 Å². The number of esters is 1. The van der Waals surface area contributed by atoms with E-state index in [1.54, 1.807) is 0 Å². The first-order chi connectivity index (χ1) is 12.9.